The largest absolute Gasteiger partial charge is 0.384 e. The van der Waals surface area contributed by atoms with Gasteiger partial charge in [-0.05, 0) is 29.1 Å². The number of amides is 1. The van der Waals surface area contributed by atoms with Crippen LogP contribution in [0.1, 0.15) is 20.8 Å². The molecule has 1 amide bonds. The Morgan fingerprint density at radius 3 is 2.95 bits per heavy atom. The maximum atomic E-state index is 12.5. The van der Waals surface area contributed by atoms with Crippen molar-refractivity contribution in [2.45, 2.75) is 6.54 Å². The second-order valence-corrected chi connectivity index (χ2v) is 5.77. The Kier molecular flexibility index (Phi) is 5.40. The number of carbonyl (C=O) groups is 1. The smallest absolute Gasteiger partial charge is 0.265 e. The molecular weight excluding hydrogens is 306 g/mol. The van der Waals surface area contributed by atoms with Gasteiger partial charge < -0.3 is 10.0 Å². The van der Waals surface area contributed by atoms with E-state index in [0.717, 1.165) is 5.56 Å². The van der Waals surface area contributed by atoms with E-state index in [-0.39, 0.29) is 12.5 Å². The fourth-order valence-electron chi connectivity index (χ4n) is 1.86. The first-order valence-electron chi connectivity index (χ1n) is 6.29. The number of carbonyl (C=O) groups excluding carboxylic acids is 1. The van der Waals surface area contributed by atoms with Gasteiger partial charge in [0.25, 0.3) is 5.91 Å². The van der Waals surface area contributed by atoms with E-state index in [1.165, 1.54) is 11.3 Å². The average Bonchev–Trinajstić information content (AvgIpc) is 2.92. The topological polar surface area (TPSA) is 40.5 Å². The maximum absolute atomic E-state index is 12.5. The zero-order valence-corrected chi connectivity index (χ0v) is 13.0. The van der Waals surface area contributed by atoms with Gasteiger partial charge in [-0.2, -0.15) is 0 Å². The van der Waals surface area contributed by atoms with Crippen LogP contribution in [0, 0.1) is 11.8 Å². The van der Waals surface area contributed by atoms with Crippen molar-refractivity contribution < 1.29 is 9.90 Å². The lowest BCUT2D eigenvalue weighted by molar-refractivity contribution is 0.0789. The Bertz CT molecular complexity index is 700. The molecule has 0 fully saturated rings. The third-order valence-corrected chi connectivity index (χ3v) is 3.95. The van der Waals surface area contributed by atoms with Crippen LogP contribution >= 0.6 is 22.9 Å². The average molecular weight is 320 g/mol. The van der Waals surface area contributed by atoms with Crippen molar-refractivity contribution in [1.29, 1.82) is 0 Å². The summed E-state index contributed by atoms with van der Waals surface area (Å²) < 4.78 is 0. The molecule has 0 aliphatic heterocycles. The minimum atomic E-state index is -0.220. The number of rotatable bonds is 3. The van der Waals surface area contributed by atoms with E-state index in [4.69, 9.17) is 16.7 Å². The molecule has 0 aliphatic carbocycles. The Balaban J connectivity index is 2.14. The van der Waals surface area contributed by atoms with Crippen molar-refractivity contribution in [3.05, 3.63) is 56.7 Å². The van der Waals surface area contributed by atoms with Crippen molar-refractivity contribution in [3.63, 3.8) is 0 Å². The van der Waals surface area contributed by atoms with Crippen LogP contribution in [-0.4, -0.2) is 29.6 Å². The molecule has 0 unspecified atom stereocenters. The zero-order chi connectivity index (χ0) is 15.2. The summed E-state index contributed by atoms with van der Waals surface area (Å²) >= 11 is 7.30. The van der Waals surface area contributed by atoms with Gasteiger partial charge in [0.15, 0.2) is 0 Å². The standard InChI is InChI=1S/C16H14ClNO2S/c1-18(11-12-4-2-6-14(17)10-12)16(20)15-13(5-3-8-19)7-9-21-15/h2,4,6-7,9-10,19H,8,11H2,1H3. The van der Waals surface area contributed by atoms with E-state index in [2.05, 4.69) is 11.8 Å². The highest BCUT2D eigenvalue weighted by atomic mass is 35.5. The highest BCUT2D eigenvalue weighted by Crippen LogP contribution is 2.19. The van der Waals surface area contributed by atoms with E-state index in [9.17, 15) is 4.79 Å². The normalized spacial score (nSPS) is 9.86. The number of benzene rings is 1. The third-order valence-electron chi connectivity index (χ3n) is 2.82. The van der Waals surface area contributed by atoms with Crippen molar-refractivity contribution in [2.75, 3.05) is 13.7 Å². The first-order chi connectivity index (χ1) is 10.1. The number of nitrogens with zero attached hydrogens (tertiary/aromatic N) is 1. The van der Waals surface area contributed by atoms with E-state index in [1.807, 2.05) is 23.6 Å². The fourth-order valence-corrected chi connectivity index (χ4v) is 2.92. The van der Waals surface area contributed by atoms with E-state index < -0.39 is 0 Å². The second kappa shape index (κ2) is 7.28. The molecule has 2 rings (SSSR count). The van der Waals surface area contributed by atoms with Gasteiger partial charge in [-0.15, -0.1) is 11.3 Å². The number of aliphatic hydroxyl groups excluding tert-OH is 1. The highest BCUT2D eigenvalue weighted by Gasteiger charge is 2.16. The lowest BCUT2D eigenvalue weighted by Crippen LogP contribution is -2.26. The molecule has 21 heavy (non-hydrogen) atoms. The molecule has 0 bridgehead atoms. The first-order valence-corrected chi connectivity index (χ1v) is 7.54. The van der Waals surface area contributed by atoms with E-state index in [1.54, 1.807) is 24.1 Å². The minimum Gasteiger partial charge on any atom is -0.384 e. The van der Waals surface area contributed by atoms with Gasteiger partial charge in [-0.3, -0.25) is 4.79 Å². The van der Waals surface area contributed by atoms with Crippen LogP contribution < -0.4 is 0 Å². The van der Waals surface area contributed by atoms with Crippen LogP contribution in [0.3, 0.4) is 0 Å². The van der Waals surface area contributed by atoms with Crippen LogP contribution in [0.15, 0.2) is 35.7 Å². The molecule has 1 heterocycles. The van der Waals surface area contributed by atoms with Gasteiger partial charge in [0, 0.05) is 24.2 Å². The molecule has 3 nitrogen and oxygen atoms in total. The molecule has 108 valence electrons. The zero-order valence-electron chi connectivity index (χ0n) is 11.5. The minimum absolute atomic E-state index is 0.0905. The summed E-state index contributed by atoms with van der Waals surface area (Å²) in [6.07, 6.45) is 0. The summed E-state index contributed by atoms with van der Waals surface area (Å²) in [6, 6.07) is 9.21. The van der Waals surface area contributed by atoms with Gasteiger partial charge in [0.2, 0.25) is 0 Å². The number of aliphatic hydroxyl groups is 1. The number of halogens is 1. The molecular formula is C16H14ClNO2S. The summed E-state index contributed by atoms with van der Waals surface area (Å²) in [4.78, 5) is 14.7. The van der Waals surface area contributed by atoms with Gasteiger partial charge in [-0.25, -0.2) is 0 Å². The van der Waals surface area contributed by atoms with Crippen molar-refractivity contribution in [2.24, 2.45) is 0 Å². The summed E-state index contributed by atoms with van der Waals surface area (Å²) in [7, 11) is 1.74. The Labute approximate surface area is 132 Å². The van der Waals surface area contributed by atoms with Crippen molar-refractivity contribution in [1.82, 2.24) is 4.90 Å². The lowest BCUT2D eigenvalue weighted by Gasteiger charge is -2.17. The summed E-state index contributed by atoms with van der Waals surface area (Å²) in [6.45, 7) is 0.256. The molecule has 0 atom stereocenters. The van der Waals surface area contributed by atoms with Crippen LogP contribution in [0.25, 0.3) is 0 Å². The molecule has 0 radical (unpaired) electrons. The second-order valence-electron chi connectivity index (χ2n) is 4.41. The van der Waals surface area contributed by atoms with Crippen LogP contribution in [0.2, 0.25) is 5.02 Å². The molecule has 0 spiro atoms. The Hall–Kier alpha value is -1.80. The van der Waals surface area contributed by atoms with Gasteiger partial charge in [-0.1, -0.05) is 35.6 Å². The SMILES string of the molecule is CN(Cc1cccc(Cl)c1)C(=O)c1sccc1C#CCO. The fraction of sp³-hybridized carbons (Fsp3) is 0.188. The van der Waals surface area contributed by atoms with Crippen molar-refractivity contribution >= 4 is 28.8 Å². The lowest BCUT2D eigenvalue weighted by atomic mass is 10.2. The quantitative estimate of drug-likeness (QED) is 0.883. The predicted octanol–water partition coefficient (Wildman–Crippen LogP) is 3.02. The molecule has 1 N–H and O–H groups in total. The van der Waals surface area contributed by atoms with Crippen LogP contribution in [-0.2, 0) is 6.54 Å². The first kappa shape index (κ1) is 15.6. The molecule has 5 heteroatoms. The third kappa shape index (κ3) is 4.08. The summed E-state index contributed by atoms with van der Waals surface area (Å²) in [5.41, 5.74) is 1.62. The highest BCUT2D eigenvalue weighted by molar-refractivity contribution is 7.12. The Morgan fingerprint density at radius 1 is 1.43 bits per heavy atom. The summed E-state index contributed by atoms with van der Waals surface area (Å²) in [5.74, 6) is 5.27. The van der Waals surface area contributed by atoms with Gasteiger partial charge in [0.1, 0.15) is 11.5 Å². The van der Waals surface area contributed by atoms with Crippen LogP contribution in [0.5, 0.6) is 0 Å². The molecule has 0 aliphatic rings. The molecule has 1 aromatic carbocycles. The molecule has 1 aromatic heterocycles. The van der Waals surface area contributed by atoms with E-state index in [0.29, 0.717) is 22.0 Å². The predicted molar refractivity (Wildman–Crippen MR) is 85.5 cm³/mol. The molecule has 0 saturated heterocycles. The number of hydrogen-bond acceptors (Lipinski definition) is 3. The van der Waals surface area contributed by atoms with Crippen molar-refractivity contribution in [3.8, 4) is 11.8 Å². The van der Waals surface area contributed by atoms with E-state index >= 15 is 0 Å². The summed E-state index contributed by atoms with van der Waals surface area (Å²) in [5, 5.41) is 11.2. The number of hydrogen-bond donors (Lipinski definition) is 1. The monoisotopic (exact) mass is 319 g/mol. The number of thiophene rings is 1. The van der Waals surface area contributed by atoms with Gasteiger partial charge in [0.05, 0.1) is 0 Å². The molecule has 0 saturated carbocycles. The van der Waals surface area contributed by atoms with Gasteiger partial charge >= 0.3 is 0 Å². The van der Waals surface area contributed by atoms with Crippen LogP contribution in [0.4, 0.5) is 0 Å². The maximum Gasteiger partial charge on any atom is 0.265 e. The Morgan fingerprint density at radius 2 is 2.24 bits per heavy atom. The molecule has 2 aromatic rings.